The highest BCUT2D eigenvalue weighted by Crippen LogP contribution is 2.27. The molecule has 5 heteroatoms. The van der Waals surface area contributed by atoms with Gasteiger partial charge in [-0.3, -0.25) is 9.59 Å². The number of aliphatic carboxylic acids is 1. The molecule has 1 saturated heterocycles. The minimum atomic E-state index is -0.915. The average Bonchev–Trinajstić information content (AvgIpc) is 2.87. The van der Waals surface area contributed by atoms with E-state index in [4.69, 9.17) is 9.84 Å². The molecule has 1 atom stereocenters. The number of carbonyl (C=O) groups is 2. The number of carboxylic acid groups (broad SMARTS) is 1. The molecule has 0 saturated carbocycles. The Kier molecular flexibility index (Phi) is 5.20. The van der Waals surface area contributed by atoms with Gasteiger partial charge in [-0.05, 0) is 30.7 Å². The Hall–Kier alpha value is -2.04. The molecular formula is C16H21NO4. The lowest BCUT2D eigenvalue weighted by atomic mass is 10.1. The Morgan fingerprint density at radius 2 is 2.05 bits per heavy atom. The molecule has 1 aromatic carbocycles. The SMILES string of the molecule is CCCCCOc1ccc(N2C[C@@H](C(=O)O)CC2=O)cc1. The van der Waals surface area contributed by atoms with Crippen LogP contribution in [0.2, 0.25) is 0 Å². The first-order valence-electron chi connectivity index (χ1n) is 7.38. The third-order valence-electron chi connectivity index (χ3n) is 3.64. The van der Waals surface area contributed by atoms with Crippen LogP contribution in [-0.2, 0) is 9.59 Å². The van der Waals surface area contributed by atoms with Gasteiger partial charge in [-0.1, -0.05) is 19.8 Å². The summed E-state index contributed by atoms with van der Waals surface area (Å²) in [5.41, 5.74) is 0.727. The van der Waals surface area contributed by atoms with Gasteiger partial charge in [0, 0.05) is 18.7 Å². The molecule has 1 aromatic rings. The van der Waals surface area contributed by atoms with E-state index in [2.05, 4.69) is 6.92 Å². The van der Waals surface area contributed by atoms with Crippen LogP contribution in [0.25, 0.3) is 0 Å². The lowest BCUT2D eigenvalue weighted by Crippen LogP contribution is -2.25. The van der Waals surface area contributed by atoms with Crippen molar-refractivity contribution in [3.8, 4) is 5.75 Å². The van der Waals surface area contributed by atoms with Crippen molar-refractivity contribution in [1.29, 1.82) is 0 Å². The smallest absolute Gasteiger partial charge is 0.308 e. The van der Waals surface area contributed by atoms with Gasteiger partial charge < -0.3 is 14.7 Å². The quantitative estimate of drug-likeness (QED) is 0.784. The van der Waals surface area contributed by atoms with Gasteiger partial charge in [-0.2, -0.15) is 0 Å². The van der Waals surface area contributed by atoms with Crippen LogP contribution in [0.3, 0.4) is 0 Å². The summed E-state index contributed by atoms with van der Waals surface area (Å²) in [5, 5.41) is 8.98. The van der Waals surface area contributed by atoms with Crippen molar-refractivity contribution >= 4 is 17.6 Å². The van der Waals surface area contributed by atoms with E-state index in [0.29, 0.717) is 6.61 Å². The third kappa shape index (κ3) is 3.97. The number of ether oxygens (including phenoxy) is 1. The number of nitrogens with zero attached hydrogens (tertiary/aromatic N) is 1. The average molecular weight is 291 g/mol. The minimum absolute atomic E-state index is 0.0740. The summed E-state index contributed by atoms with van der Waals surface area (Å²) in [6.07, 6.45) is 3.41. The number of carbonyl (C=O) groups excluding carboxylic acids is 1. The summed E-state index contributed by atoms with van der Waals surface area (Å²) in [6, 6.07) is 7.25. The van der Waals surface area contributed by atoms with Crippen LogP contribution < -0.4 is 9.64 Å². The van der Waals surface area contributed by atoms with Gasteiger partial charge in [0.15, 0.2) is 0 Å². The number of rotatable bonds is 7. The Labute approximate surface area is 124 Å². The number of unbranched alkanes of at least 4 members (excludes halogenated alkanes) is 2. The van der Waals surface area contributed by atoms with E-state index in [1.165, 1.54) is 4.90 Å². The van der Waals surface area contributed by atoms with E-state index in [1.807, 2.05) is 12.1 Å². The summed E-state index contributed by atoms with van der Waals surface area (Å²) >= 11 is 0. The largest absolute Gasteiger partial charge is 0.494 e. The second-order valence-corrected chi connectivity index (χ2v) is 5.29. The second kappa shape index (κ2) is 7.11. The zero-order valence-corrected chi connectivity index (χ0v) is 12.2. The third-order valence-corrected chi connectivity index (χ3v) is 3.64. The van der Waals surface area contributed by atoms with Crippen molar-refractivity contribution in [1.82, 2.24) is 0 Å². The van der Waals surface area contributed by atoms with Gasteiger partial charge in [-0.25, -0.2) is 0 Å². The number of amides is 1. The highest BCUT2D eigenvalue weighted by Gasteiger charge is 2.34. The van der Waals surface area contributed by atoms with Gasteiger partial charge in [0.25, 0.3) is 0 Å². The van der Waals surface area contributed by atoms with Crippen molar-refractivity contribution in [2.75, 3.05) is 18.1 Å². The Morgan fingerprint density at radius 3 is 2.62 bits per heavy atom. The molecule has 1 heterocycles. The van der Waals surface area contributed by atoms with Crippen molar-refractivity contribution in [2.45, 2.75) is 32.6 Å². The number of hydrogen-bond donors (Lipinski definition) is 1. The molecule has 0 bridgehead atoms. The van der Waals surface area contributed by atoms with Gasteiger partial charge in [0.05, 0.1) is 12.5 Å². The summed E-state index contributed by atoms with van der Waals surface area (Å²) < 4.78 is 5.61. The molecule has 0 aliphatic carbocycles. The molecule has 1 aliphatic heterocycles. The van der Waals surface area contributed by atoms with Crippen LogP contribution >= 0.6 is 0 Å². The highest BCUT2D eigenvalue weighted by atomic mass is 16.5. The Morgan fingerprint density at radius 1 is 1.33 bits per heavy atom. The van der Waals surface area contributed by atoms with E-state index >= 15 is 0 Å². The van der Waals surface area contributed by atoms with Crippen LogP contribution in [0.1, 0.15) is 32.6 Å². The molecule has 1 fully saturated rings. The van der Waals surface area contributed by atoms with Crippen LogP contribution in [0.15, 0.2) is 24.3 Å². The molecule has 1 amide bonds. The predicted octanol–water partition coefficient (Wildman–Crippen LogP) is 2.69. The van der Waals surface area contributed by atoms with E-state index < -0.39 is 11.9 Å². The van der Waals surface area contributed by atoms with Crippen molar-refractivity contribution < 1.29 is 19.4 Å². The van der Waals surface area contributed by atoms with Gasteiger partial charge in [0.2, 0.25) is 5.91 Å². The first kappa shape index (κ1) is 15.4. The Balaban J connectivity index is 1.93. The minimum Gasteiger partial charge on any atom is -0.494 e. The first-order chi connectivity index (χ1) is 10.1. The molecule has 0 spiro atoms. The lowest BCUT2D eigenvalue weighted by Gasteiger charge is -2.16. The molecule has 0 aromatic heterocycles. The molecule has 2 rings (SSSR count). The fraction of sp³-hybridized carbons (Fsp3) is 0.500. The topological polar surface area (TPSA) is 66.8 Å². The van der Waals surface area contributed by atoms with Gasteiger partial charge in [-0.15, -0.1) is 0 Å². The normalized spacial score (nSPS) is 18.0. The number of benzene rings is 1. The fourth-order valence-electron chi connectivity index (χ4n) is 2.39. The zero-order chi connectivity index (χ0) is 15.2. The molecule has 0 unspecified atom stereocenters. The highest BCUT2D eigenvalue weighted by molar-refractivity contribution is 5.99. The maximum atomic E-state index is 11.8. The molecule has 1 N–H and O–H groups in total. The zero-order valence-electron chi connectivity index (χ0n) is 12.2. The second-order valence-electron chi connectivity index (χ2n) is 5.29. The summed E-state index contributed by atoms with van der Waals surface area (Å²) in [4.78, 5) is 24.3. The fourth-order valence-corrected chi connectivity index (χ4v) is 2.39. The van der Waals surface area contributed by atoms with Crippen molar-refractivity contribution in [3.05, 3.63) is 24.3 Å². The maximum absolute atomic E-state index is 11.8. The van der Waals surface area contributed by atoms with Crippen LogP contribution in [-0.4, -0.2) is 30.1 Å². The number of hydrogen-bond acceptors (Lipinski definition) is 3. The number of carboxylic acids is 1. The van der Waals surface area contributed by atoms with E-state index in [1.54, 1.807) is 12.1 Å². The van der Waals surface area contributed by atoms with Gasteiger partial charge >= 0.3 is 5.97 Å². The predicted molar refractivity (Wildman–Crippen MR) is 79.6 cm³/mol. The number of anilines is 1. The lowest BCUT2D eigenvalue weighted by molar-refractivity contribution is -0.141. The maximum Gasteiger partial charge on any atom is 0.308 e. The molecule has 1 aliphatic rings. The molecular weight excluding hydrogens is 270 g/mol. The van der Waals surface area contributed by atoms with Crippen molar-refractivity contribution in [3.63, 3.8) is 0 Å². The monoisotopic (exact) mass is 291 g/mol. The molecule has 5 nitrogen and oxygen atoms in total. The van der Waals surface area contributed by atoms with Crippen LogP contribution in [0.4, 0.5) is 5.69 Å². The van der Waals surface area contributed by atoms with E-state index in [9.17, 15) is 9.59 Å². The molecule has 21 heavy (non-hydrogen) atoms. The summed E-state index contributed by atoms with van der Waals surface area (Å²) in [5.74, 6) is -0.889. The standard InChI is InChI=1S/C16H21NO4/c1-2-3-4-9-21-14-7-5-13(6-8-14)17-11-12(16(19)20)10-15(17)18/h5-8,12H,2-4,9-11H2,1H3,(H,19,20)/t12-/m0/s1. The van der Waals surface area contributed by atoms with Crippen molar-refractivity contribution in [2.24, 2.45) is 5.92 Å². The van der Waals surface area contributed by atoms with Crippen LogP contribution in [0, 0.1) is 5.92 Å². The summed E-state index contributed by atoms with van der Waals surface area (Å²) in [6.45, 7) is 3.08. The first-order valence-corrected chi connectivity index (χ1v) is 7.38. The van der Waals surface area contributed by atoms with Gasteiger partial charge in [0.1, 0.15) is 5.75 Å². The molecule has 0 radical (unpaired) electrons. The van der Waals surface area contributed by atoms with E-state index in [0.717, 1.165) is 30.7 Å². The summed E-state index contributed by atoms with van der Waals surface area (Å²) in [7, 11) is 0. The van der Waals surface area contributed by atoms with Crippen LogP contribution in [0.5, 0.6) is 5.75 Å². The van der Waals surface area contributed by atoms with E-state index in [-0.39, 0.29) is 18.9 Å². The molecule has 114 valence electrons. The Bertz CT molecular complexity index is 498.